The minimum atomic E-state index is -1.10. The van der Waals surface area contributed by atoms with E-state index in [-0.39, 0.29) is 19.6 Å². The number of carbonyl (C=O) groups is 3. The van der Waals surface area contributed by atoms with Gasteiger partial charge in [0.05, 0.1) is 12.5 Å². The van der Waals surface area contributed by atoms with Crippen molar-refractivity contribution in [2.45, 2.75) is 64.2 Å². The molecule has 0 saturated heterocycles. The summed E-state index contributed by atoms with van der Waals surface area (Å²) in [6, 6.07) is 8.43. The molecule has 0 unspecified atom stereocenters. The lowest BCUT2D eigenvalue weighted by atomic mass is 10.1. The van der Waals surface area contributed by atoms with Crippen LogP contribution < -0.4 is 16.4 Å². The molecular weight excluding hydrogens is 362 g/mol. The second kappa shape index (κ2) is 13.5. The van der Waals surface area contributed by atoms with Crippen molar-refractivity contribution >= 4 is 17.9 Å². The van der Waals surface area contributed by atoms with E-state index in [2.05, 4.69) is 17.6 Å². The van der Waals surface area contributed by atoms with Gasteiger partial charge in [-0.15, -0.1) is 0 Å². The Morgan fingerprint density at radius 1 is 1.14 bits per heavy atom. The van der Waals surface area contributed by atoms with Crippen LogP contribution >= 0.6 is 0 Å². The van der Waals surface area contributed by atoms with Gasteiger partial charge in [0.15, 0.2) is 0 Å². The molecular formula is C20H31N3O5. The highest BCUT2D eigenvalue weighted by Crippen LogP contribution is 2.06. The van der Waals surface area contributed by atoms with Gasteiger partial charge in [0.25, 0.3) is 0 Å². The Bertz CT molecular complexity index is 609. The second-order valence-corrected chi connectivity index (χ2v) is 6.67. The fourth-order valence-electron chi connectivity index (χ4n) is 2.58. The predicted octanol–water partition coefficient (Wildman–Crippen LogP) is 1.60. The minimum absolute atomic E-state index is 0.113. The standard InChI is InChI=1S/C20H31N3O5/c1-2-3-4-8-11-17(19(21)26)23-18(25)12-16(24)13-22-20(27)28-14-15-9-6-5-7-10-15/h5-7,9-10,16-17,24H,2-4,8,11-14H2,1H3,(H2,21,26)(H,22,27)(H,23,25)/t16-,17+/m0/s1. The van der Waals surface area contributed by atoms with Gasteiger partial charge >= 0.3 is 6.09 Å². The third-order valence-electron chi connectivity index (χ3n) is 4.14. The molecule has 0 radical (unpaired) electrons. The van der Waals surface area contributed by atoms with Crippen LogP contribution in [-0.2, 0) is 20.9 Å². The highest BCUT2D eigenvalue weighted by Gasteiger charge is 2.20. The van der Waals surface area contributed by atoms with E-state index in [9.17, 15) is 19.5 Å². The maximum absolute atomic E-state index is 12.0. The molecule has 1 rings (SSSR count). The van der Waals surface area contributed by atoms with Crippen molar-refractivity contribution in [2.75, 3.05) is 6.54 Å². The van der Waals surface area contributed by atoms with Crippen molar-refractivity contribution in [3.8, 4) is 0 Å². The number of aliphatic hydroxyl groups excluding tert-OH is 1. The normalized spacial score (nSPS) is 12.6. The average molecular weight is 393 g/mol. The van der Waals surface area contributed by atoms with Gasteiger partial charge in [0, 0.05) is 6.54 Å². The highest BCUT2D eigenvalue weighted by molar-refractivity contribution is 5.86. The molecule has 28 heavy (non-hydrogen) atoms. The number of carbonyl (C=O) groups excluding carboxylic acids is 3. The van der Waals surface area contributed by atoms with Crippen LogP contribution in [0.2, 0.25) is 0 Å². The molecule has 5 N–H and O–H groups in total. The van der Waals surface area contributed by atoms with Crippen LogP contribution in [0.4, 0.5) is 4.79 Å². The van der Waals surface area contributed by atoms with Crippen molar-refractivity contribution in [3.05, 3.63) is 35.9 Å². The zero-order valence-electron chi connectivity index (χ0n) is 16.4. The van der Waals surface area contributed by atoms with Crippen molar-refractivity contribution in [1.29, 1.82) is 0 Å². The van der Waals surface area contributed by atoms with E-state index >= 15 is 0 Å². The van der Waals surface area contributed by atoms with Crippen LogP contribution in [0.3, 0.4) is 0 Å². The number of benzene rings is 1. The summed E-state index contributed by atoms with van der Waals surface area (Å²) in [7, 11) is 0. The summed E-state index contributed by atoms with van der Waals surface area (Å²) in [6.45, 7) is 2.06. The molecule has 0 bridgehead atoms. The molecule has 3 amide bonds. The SMILES string of the molecule is CCCCCC[C@@H](NC(=O)C[C@H](O)CNC(=O)OCc1ccccc1)C(N)=O. The van der Waals surface area contributed by atoms with E-state index < -0.39 is 30.1 Å². The van der Waals surface area contributed by atoms with Gasteiger partial charge in [-0.25, -0.2) is 4.79 Å². The van der Waals surface area contributed by atoms with Gasteiger partial charge in [-0.3, -0.25) is 9.59 Å². The summed E-state index contributed by atoms with van der Waals surface area (Å²) in [5.41, 5.74) is 6.16. The topological polar surface area (TPSA) is 131 Å². The fourth-order valence-corrected chi connectivity index (χ4v) is 2.58. The van der Waals surface area contributed by atoms with Gasteiger partial charge in [0.2, 0.25) is 11.8 Å². The highest BCUT2D eigenvalue weighted by atomic mass is 16.5. The molecule has 1 aromatic carbocycles. The second-order valence-electron chi connectivity index (χ2n) is 6.67. The predicted molar refractivity (Wildman–Crippen MR) is 105 cm³/mol. The number of primary amides is 1. The Morgan fingerprint density at radius 2 is 1.86 bits per heavy atom. The summed E-state index contributed by atoms with van der Waals surface area (Å²) in [5.74, 6) is -1.09. The number of aliphatic hydroxyl groups is 1. The van der Waals surface area contributed by atoms with Gasteiger partial charge in [-0.2, -0.15) is 0 Å². The lowest BCUT2D eigenvalue weighted by Gasteiger charge is -2.17. The number of unbranched alkanes of at least 4 members (excludes halogenated alkanes) is 3. The van der Waals surface area contributed by atoms with Crippen molar-refractivity contribution < 1.29 is 24.2 Å². The summed E-state index contributed by atoms with van der Waals surface area (Å²) in [4.78, 5) is 35.1. The Kier molecular flexibility index (Phi) is 11.3. The van der Waals surface area contributed by atoms with E-state index in [4.69, 9.17) is 10.5 Å². The van der Waals surface area contributed by atoms with E-state index in [0.29, 0.717) is 6.42 Å². The number of nitrogens with one attached hydrogen (secondary N) is 2. The molecule has 0 saturated carbocycles. The molecule has 156 valence electrons. The van der Waals surface area contributed by atoms with E-state index in [0.717, 1.165) is 31.2 Å². The number of alkyl carbamates (subject to hydrolysis) is 1. The lowest BCUT2D eigenvalue weighted by molar-refractivity contribution is -0.128. The van der Waals surface area contributed by atoms with E-state index in [1.165, 1.54) is 0 Å². The van der Waals surface area contributed by atoms with Gasteiger partial charge < -0.3 is 26.2 Å². The lowest BCUT2D eigenvalue weighted by Crippen LogP contribution is -2.46. The first kappa shape index (κ1) is 23.4. The number of ether oxygens (including phenoxy) is 1. The van der Waals surface area contributed by atoms with Gasteiger partial charge in [-0.05, 0) is 12.0 Å². The quantitative estimate of drug-likeness (QED) is 0.378. The molecule has 8 nitrogen and oxygen atoms in total. The Balaban J connectivity index is 2.26. The first-order valence-corrected chi connectivity index (χ1v) is 9.63. The largest absolute Gasteiger partial charge is 0.445 e. The molecule has 0 aliphatic heterocycles. The molecule has 8 heteroatoms. The number of nitrogens with two attached hydrogens (primary N) is 1. The van der Waals surface area contributed by atoms with Crippen LogP contribution in [0.1, 0.15) is 51.0 Å². The van der Waals surface area contributed by atoms with Crippen LogP contribution in [0.25, 0.3) is 0 Å². The summed E-state index contributed by atoms with van der Waals surface area (Å²) in [6.07, 6.45) is 2.32. The monoisotopic (exact) mass is 393 g/mol. The first-order valence-electron chi connectivity index (χ1n) is 9.63. The smallest absolute Gasteiger partial charge is 0.407 e. The summed E-state index contributed by atoms with van der Waals surface area (Å²) in [5, 5.41) is 14.8. The average Bonchev–Trinajstić information content (AvgIpc) is 2.67. The van der Waals surface area contributed by atoms with Crippen LogP contribution in [0.5, 0.6) is 0 Å². The van der Waals surface area contributed by atoms with Gasteiger partial charge in [0.1, 0.15) is 12.6 Å². The number of amides is 3. The third-order valence-corrected chi connectivity index (χ3v) is 4.14. The molecule has 1 aromatic rings. The number of rotatable bonds is 13. The fraction of sp³-hybridized carbons (Fsp3) is 0.550. The molecule has 0 heterocycles. The molecule has 0 fully saturated rings. The van der Waals surface area contributed by atoms with Crippen molar-refractivity contribution in [3.63, 3.8) is 0 Å². The minimum Gasteiger partial charge on any atom is -0.445 e. The zero-order chi connectivity index (χ0) is 20.8. The van der Waals surface area contributed by atoms with Crippen molar-refractivity contribution in [2.24, 2.45) is 5.73 Å². The zero-order valence-corrected chi connectivity index (χ0v) is 16.4. The maximum Gasteiger partial charge on any atom is 0.407 e. The van der Waals surface area contributed by atoms with E-state index in [1.54, 1.807) is 0 Å². The van der Waals surface area contributed by atoms with Crippen LogP contribution in [0, 0.1) is 0 Å². The molecule has 0 aromatic heterocycles. The number of hydrogen-bond donors (Lipinski definition) is 4. The maximum atomic E-state index is 12.0. The molecule has 2 atom stereocenters. The Hall–Kier alpha value is -2.61. The molecule has 0 aliphatic rings. The van der Waals surface area contributed by atoms with E-state index in [1.807, 2.05) is 30.3 Å². The Labute approximate surface area is 165 Å². The van der Waals surface area contributed by atoms with Gasteiger partial charge in [-0.1, -0.05) is 62.9 Å². The number of hydrogen-bond acceptors (Lipinski definition) is 5. The van der Waals surface area contributed by atoms with Crippen molar-refractivity contribution in [1.82, 2.24) is 10.6 Å². The molecule has 0 spiro atoms. The Morgan fingerprint density at radius 3 is 2.50 bits per heavy atom. The summed E-state index contributed by atoms with van der Waals surface area (Å²) >= 11 is 0. The third kappa shape index (κ3) is 10.5. The van der Waals surface area contributed by atoms with Crippen LogP contribution in [0.15, 0.2) is 30.3 Å². The summed E-state index contributed by atoms with van der Waals surface area (Å²) < 4.78 is 5.02. The van der Waals surface area contributed by atoms with Crippen LogP contribution in [-0.4, -0.2) is 41.7 Å². The molecule has 0 aliphatic carbocycles. The first-order chi connectivity index (χ1) is 13.4.